The van der Waals surface area contributed by atoms with Crippen LogP contribution in [0.4, 0.5) is 0 Å². The summed E-state index contributed by atoms with van der Waals surface area (Å²) < 4.78 is 11.8. The van der Waals surface area contributed by atoms with Crippen LogP contribution in [0.3, 0.4) is 0 Å². The number of nitrogens with one attached hydrogen (secondary N) is 1. The lowest BCUT2D eigenvalue weighted by molar-refractivity contribution is -0.119. The molecule has 0 unspecified atom stereocenters. The lowest BCUT2D eigenvalue weighted by Crippen LogP contribution is -2.36. The van der Waals surface area contributed by atoms with Gasteiger partial charge in [-0.3, -0.25) is 9.00 Å². The van der Waals surface area contributed by atoms with Crippen molar-refractivity contribution in [3.63, 3.8) is 0 Å². The van der Waals surface area contributed by atoms with Crippen molar-refractivity contribution in [2.24, 2.45) is 0 Å². The van der Waals surface area contributed by atoms with Crippen LogP contribution in [-0.2, 0) is 15.6 Å². The van der Waals surface area contributed by atoms with Crippen molar-refractivity contribution in [2.75, 3.05) is 11.5 Å². The van der Waals surface area contributed by atoms with Crippen LogP contribution in [0.2, 0.25) is 0 Å². The summed E-state index contributed by atoms with van der Waals surface area (Å²) in [5, 5.41) is 2.96. The first-order valence-corrected chi connectivity index (χ1v) is 8.59. The Labute approximate surface area is 122 Å². The van der Waals surface area contributed by atoms with Crippen LogP contribution in [0.1, 0.15) is 31.2 Å². The molecule has 0 aromatic heterocycles. The smallest absolute Gasteiger partial charge is 0.232 e. The fraction of sp³-hybridized carbons (Fsp3) is 0.438. The van der Waals surface area contributed by atoms with Gasteiger partial charge in [-0.1, -0.05) is 55.3 Å². The zero-order chi connectivity index (χ0) is 14.2. The Morgan fingerprint density at radius 1 is 1.25 bits per heavy atom. The number of carbonyl (C=O) groups excluding carboxylic acids is 1. The monoisotopic (exact) mass is 291 g/mol. The van der Waals surface area contributed by atoms with Crippen molar-refractivity contribution < 1.29 is 9.00 Å². The molecule has 108 valence electrons. The lowest BCUT2D eigenvalue weighted by atomic mass is 10.2. The summed E-state index contributed by atoms with van der Waals surface area (Å²) in [6, 6.07) is 10.2. The summed E-state index contributed by atoms with van der Waals surface area (Å²) in [7, 11) is -1.12. The Balaban J connectivity index is 1.69. The molecular weight excluding hydrogens is 270 g/mol. The fourth-order valence-corrected chi connectivity index (χ4v) is 3.20. The third-order valence-corrected chi connectivity index (χ3v) is 4.55. The maximum atomic E-state index is 11.8. The summed E-state index contributed by atoms with van der Waals surface area (Å²) in [5.74, 6) is 0.450. The van der Waals surface area contributed by atoms with Crippen molar-refractivity contribution in [1.82, 2.24) is 5.32 Å². The van der Waals surface area contributed by atoms with Crippen LogP contribution in [-0.4, -0.2) is 27.7 Å². The quantitative estimate of drug-likeness (QED) is 0.875. The molecule has 1 atom stereocenters. The van der Waals surface area contributed by atoms with E-state index >= 15 is 0 Å². The van der Waals surface area contributed by atoms with Crippen molar-refractivity contribution in [3.8, 4) is 0 Å². The average Bonchev–Trinajstić information content (AvgIpc) is 2.92. The minimum atomic E-state index is -1.12. The van der Waals surface area contributed by atoms with Gasteiger partial charge < -0.3 is 5.32 Å². The number of hydrogen-bond acceptors (Lipinski definition) is 2. The lowest BCUT2D eigenvalue weighted by Gasteiger charge is -2.11. The highest BCUT2D eigenvalue weighted by Gasteiger charge is 2.17. The summed E-state index contributed by atoms with van der Waals surface area (Å²) in [6.45, 7) is 0. The first-order valence-electron chi connectivity index (χ1n) is 7.10. The summed E-state index contributed by atoms with van der Waals surface area (Å²) in [4.78, 5) is 11.7. The SMILES string of the molecule is O=C(C[S@](=O)C/C=C/c1ccccc1)NC1CCCC1. The average molecular weight is 291 g/mol. The van der Waals surface area contributed by atoms with Crippen LogP contribution in [0.5, 0.6) is 0 Å². The number of rotatable bonds is 6. The molecule has 0 spiro atoms. The first-order chi connectivity index (χ1) is 9.74. The molecule has 1 aliphatic carbocycles. The number of hydrogen-bond donors (Lipinski definition) is 1. The van der Waals surface area contributed by atoms with E-state index in [0.717, 1.165) is 18.4 Å². The zero-order valence-electron chi connectivity index (χ0n) is 11.6. The second kappa shape index (κ2) is 8.00. The van der Waals surface area contributed by atoms with Crippen molar-refractivity contribution >= 4 is 22.8 Å². The van der Waals surface area contributed by atoms with E-state index < -0.39 is 10.8 Å². The number of amides is 1. The van der Waals surface area contributed by atoms with Gasteiger partial charge in [-0.25, -0.2) is 0 Å². The molecular formula is C16H21NO2S. The Morgan fingerprint density at radius 2 is 1.95 bits per heavy atom. The molecule has 0 bridgehead atoms. The highest BCUT2D eigenvalue weighted by molar-refractivity contribution is 7.85. The minimum Gasteiger partial charge on any atom is -0.353 e. The Hall–Kier alpha value is -1.42. The Kier molecular flexibility index (Phi) is 5.99. The Bertz CT molecular complexity index is 479. The van der Waals surface area contributed by atoms with Gasteiger partial charge in [0.05, 0.1) is 0 Å². The van der Waals surface area contributed by atoms with Gasteiger partial charge in [0.25, 0.3) is 0 Å². The van der Waals surface area contributed by atoms with Gasteiger partial charge in [-0.15, -0.1) is 0 Å². The highest BCUT2D eigenvalue weighted by Crippen LogP contribution is 2.17. The molecule has 3 nitrogen and oxygen atoms in total. The molecule has 1 fully saturated rings. The standard InChI is InChI=1S/C16H21NO2S/c18-16(17-15-10-4-5-11-15)13-20(19)12-6-9-14-7-2-1-3-8-14/h1-3,6-9,15H,4-5,10-13H2,(H,17,18)/b9-6+/t20-/m1/s1. The van der Waals surface area contributed by atoms with Crippen LogP contribution in [0.25, 0.3) is 6.08 Å². The van der Waals surface area contributed by atoms with Gasteiger partial charge in [-0.2, -0.15) is 0 Å². The van der Waals surface area contributed by atoms with Crippen molar-refractivity contribution in [1.29, 1.82) is 0 Å². The van der Waals surface area contributed by atoms with E-state index in [0.29, 0.717) is 11.8 Å². The van der Waals surface area contributed by atoms with E-state index in [1.807, 2.05) is 42.5 Å². The molecule has 0 saturated heterocycles. The molecule has 2 rings (SSSR count). The maximum Gasteiger partial charge on any atom is 0.232 e. The Morgan fingerprint density at radius 3 is 2.65 bits per heavy atom. The molecule has 4 heteroatoms. The zero-order valence-corrected chi connectivity index (χ0v) is 12.4. The minimum absolute atomic E-state index is 0.0802. The normalized spacial score (nSPS) is 17.4. The highest BCUT2D eigenvalue weighted by atomic mass is 32.2. The van der Waals surface area contributed by atoms with Crippen LogP contribution < -0.4 is 5.32 Å². The van der Waals surface area contributed by atoms with Crippen molar-refractivity contribution in [3.05, 3.63) is 42.0 Å². The summed E-state index contributed by atoms with van der Waals surface area (Å²) in [5.41, 5.74) is 1.08. The van der Waals surface area contributed by atoms with Crippen molar-refractivity contribution in [2.45, 2.75) is 31.7 Å². The van der Waals surface area contributed by atoms with E-state index in [-0.39, 0.29) is 11.7 Å². The van der Waals surface area contributed by atoms with E-state index in [2.05, 4.69) is 5.32 Å². The fourth-order valence-electron chi connectivity index (χ4n) is 2.40. The number of carbonyl (C=O) groups is 1. The third kappa shape index (κ3) is 5.29. The van der Waals surface area contributed by atoms with Gasteiger partial charge in [0, 0.05) is 22.6 Å². The topological polar surface area (TPSA) is 46.2 Å². The molecule has 0 radical (unpaired) electrons. The molecule has 1 amide bonds. The second-order valence-electron chi connectivity index (χ2n) is 5.11. The van der Waals surface area contributed by atoms with E-state index in [9.17, 15) is 9.00 Å². The van der Waals surface area contributed by atoms with Gasteiger partial charge in [0.1, 0.15) is 5.75 Å². The third-order valence-electron chi connectivity index (χ3n) is 3.40. The largest absolute Gasteiger partial charge is 0.353 e. The van der Waals surface area contributed by atoms with Gasteiger partial charge >= 0.3 is 0 Å². The molecule has 1 saturated carbocycles. The number of benzene rings is 1. The molecule has 1 aliphatic rings. The molecule has 1 aromatic carbocycles. The molecule has 0 aliphatic heterocycles. The summed E-state index contributed by atoms with van der Waals surface area (Å²) in [6.07, 6.45) is 8.31. The molecule has 1 aromatic rings. The van der Waals surface area contributed by atoms with Crippen LogP contribution in [0, 0.1) is 0 Å². The second-order valence-corrected chi connectivity index (χ2v) is 6.61. The molecule has 20 heavy (non-hydrogen) atoms. The predicted octanol–water partition coefficient (Wildman–Crippen LogP) is 2.51. The predicted molar refractivity (Wildman–Crippen MR) is 83.8 cm³/mol. The van der Waals surface area contributed by atoms with Crippen LogP contribution in [0.15, 0.2) is 36.4 Å². The first kappa shape index (κ1) is 15.0. The maximum absolute atomic E-state index is 11.8. The van der Waals surface area contributed by atoms with Crippen LogP contribution >= 0.6 is 0 Å². The van der Waals surface area contributed by atoms with Gasteiger partial charge in [0.15, 0.2) is 0 Å². The summed E-state index contributed by atoms with van der Waals surface area (Å²) >= 11 is 0. The van der Waals surface area contributed by atoms with E-state index in [1.54, 1.807) is 0 Å². The molecule has 0 heterocycles. The van der Waals surface area contributed by atoms with Gasteiger partial charge in [0.2, 0.25) is 5.91 Å². The van der Waals surface area contributed by atoms with E-state index in [4.69, 9.17) is 0 Å². The van der Waals surface area contributed by atoms with E-state index in [1.165, 1.54) is 12.8 Å². The van der Waals surface area contributed by atoms with Gasteiger partial charge in [-0.05, 0) is 18.4 Å². The molecule has 1 N–H and O–H groups in total.